The van der Waals surface area contributed by atoms with Crippen LogP contribution in [0.2, 0.25) is 0 Å². The molecule has 1 N–H and O–H groups in total. The van der Waals surface area contributed by atoms with E-state index in [1.807, 2.05) is 27.3 Å². The Kier molecular flexibility index (Phi) is 7.74. The van der Waals surface area contributed by atoms with E-state index in [1.165, 1.54) is 44.9 Å². The highest BCUT2D eigenvalue weighted by Gasteiger charge is 2.18. The molecule has 2 heterocycles. The lowest BCUT2D eigenvalue weighted by atomic mass is 9.89. The first kappa shape index (κ1) is 24.2. The Morgan fingerprint density at radius 2 is 1.75 bits per heavy atom. The van der Waals surface area contributed by atoms with E-state index in [9.17, 15) is 4.79 Å². The highest BCUT2D eigenvalue weighted by molar-refractivity contribution is 5.80. The molecule has 5 rings (SSSR count). The number of nitrogens with zero attached hydrogens (tertiary/aromatic N) is 5. The molecule has 2 aromatic heterocycles. The lowest BCUT2D eigenvalue weighted by Crippen LogP contribution is -2.28. The van der Waals surface area contributed by atoms with E-state index in [-0.39, 0.29) is 5.69 Å². The van der Waals surface area contributed by atoms with E-state index < -0.39 is 0 Å². The molecule has 0 saturated heterocycles. The molecular formula is C29H36N6O. The van der Waals surface area contributed by atoms with Gasteiger partial charge in [0.2, 0.25) is 0 Å². The van der Waals surface area contributed by atoms with Crippen molar-refractivity contribution < 1.29 is 0 Å². The van der Waals surface area contributed by atoms with Gasteiger partial charge in [-0.25, -0.2) is 9.89 Å². The van der Waals surface area contributed by atoms with Gasteiger partial charge in [-0.1, -0.05) is 87.6 Å². The molecule has 2 aromatic carbocycles. The van der Waals surface area contributed by atoms with Gasteiger partial charge in [0.25, 0.3) is 0 Å². The summed E-state index contributed by atoms with van der Waals surface area (Å²) in [4.78, 5) is 13.5. The number of rotatable bonds is 10. The van der Waals surface area contributed by atoms with Crippen LogP contribution in [-0.2, 0) is 19.5 Å². The fourth-order valence-corrected chi connectivity index (χ4v) is 5.47. The Labute approximate surface area is 212 Å². The number of H-pyrrole nitrogens is 1. The maximum Gasteiger partial charge on any atom is 0.328 e. The maximum absolute atomic E-state index is 13.5. The quantitative estimate of drug-likeness (QED) is 0.286. The summed E-state index contributed by atoms with van der Waals surface area (Å²) in [5.41, 5.74) is 5.56. The Balaban J connectivity index is 1.38. The van der Waals surface area contributed by atoms with Crippen molar-refractivity contribution in [3.63, 3.8) is 0 Å². The molecule has 1 fully saturated rings. The van der Waals surface area contributed by atoms with Gasteiger partial charge in [-0.15, -0.1) is 5.10 Å². The number of hydrogen-bond donors (Lipinski definition) is 1. The summed E-state index contributed by atoms with van der Waals surface area (Å²) in [5.74, 6) is 1.28. The summed E-state index contributed by atoms with van der Waals surface area (Å²) in [5, 5.41) is 14.4. The summed E-state index contributed by atoms with van der Waals surface area (Å²) in [6.07, 6.45) is 13.0. The van der Waals surface area contributed by atoms with Crippen molar-refractivity contribution in [3.8, 4) is 22.5 Å². The second kappa shape index (κ2) is 11.5. The summed E-state index contributed by atoms with van der Waals surface area (Å²) in [6, 6.07) is 16.6. The van der Waals surface area contributed by atoms with Crippen LogP contribution in [0.3, 0.4) is 0 Å². The van der Waals surface area contributed by atoms with Crippen molar-refractivity contribution in [1.29, 1.82) is 0 Å². The number of aromatic amines is 1. The highest BCUT2D eigenvalue weighted by Crippen LogP contribution is 2.30. The number of nitrogens with one attached hydrogen (secondary N) is 1. The van der Waals surface area contributed by atoms with Gasteiger partial charge in [0.15, 0.2) is 5.82 Å². The molecule has 0 bridgehead atoms. The van der Waals surface area contributed by atoms with Crippen LogP contribution < -0.4 is 5.69 Å². The second-order valence-corrected chi connectivity index (χ2v) is 10.1. The third-order valence-electron chi connectivity index (χ3n) is 7.48. The predicted molar refractivity (Wildman–Crippen MR) is 143 cm³/mol. The lowest BCUT2D eigenvalue weighted by Gasteiger charge is -2.21. The molecule has 1 saturated carbocycles. The zero-order valence-corrected chi connectivity index (χ0v) is 21.2. The average Bonchev–Trinajstić information content (AvgIpc) is 3.55. The molecule has 1 aliphatic carbocycles. The largest absolute Gasteiger partial charge is 0.328 e. The van der Waals surface area contributed by atoms with Crippen LogP contribution in [-0.4, -0.2) is 29.8 Å². The molecule has 36 heavy (non-hydrogen) atoms. The number of imidazole rings is 1. The van der Waals surface area contributed by atoms with Gasteiger partial charge in [0, 0.05) is 24.0 Å². The monoisotopic (exact) mass is 484 g/mol. The summed E-state index contributed by atoms with van der Waals surface area (Å²) in [7, 11) is 0. The molecule has 0 spiro atoms. The number of tetrazole rings is 1. The topological polar surface area (TPSA) is 81.4 Å². The first-order valence-corrected chi connectivity index (χ1v) is 13.4. The number of unbranched alkanes of at least 4 members (excludes halogenated alkanes) is 2. The van der Waals surface area contributed by atoms with Crippen molar-refractivity contribution in [3.05, 3.63) is 76.5 Å². The molecule has 0 amide bonds. The van der Waals surface area contributed by atoms with Crippen molar-refractivity contribution >= 4 is 0 Å². The van der Waals surface area contributed by atoms with Gasteiger partial charge >= 0.3 is 5.69 Å². The zero-order valence-electron chi connectivity index (χ0n) is 21.2. The van der Waals surface area contributed by atoms with Crippen molar-refractivity contribution in [2.45, 2.75) is 77.8 Å². The Morgan fingerprint density at radius 3 is 2.47 bits per heavy atom. The van der Waals surface area contributed by atoms with Crippen LogP contribution in [0.15, 0.2) is 59.5 Å². The normalized spacial score (nSPS) is 14.4. The number of aromatic nitrogens is 6. The molecule has 7 nitrogen and oxygen atoms in total. The third-order valence-corrected chi connectivity index (χ3v) is 7.48. The highest BCUT2D eigenvalue weighted by atomic mass is 16.1. The molecule has 0 unspecified atom stereocenters. The third kappa shape index (κ3) is 5.50. The summed E-state index contributed by atoms with van der Waals surface area (Å²) in [6.45, 7) is 3.69. The average molecular weight is 485 g/mol. The van der Waals surface area contributed by atoms with Crippen molar-refractivity contribution in [1.82, 2.24) is 29.8 Å². The molecule has 4 aromatic rings. The molecular weight excluding hydrogens is 448 g/mol. The van der Waals surface area contributed by atoms with E-state index in [0.717, 1.165) is 47.3 Å². The molecule has 188 valence electrons. The minimum atomic E-state index is 0.138. The molecule has 0 atom stereocenters. The molecule has 7 heteroatoms. The standard InChI is InChI=1S/C29H36N6O/c1-2-3-5-12-25-21-34(19-22-10-6-4-7-11-22)29(36)35(25)20-23-15-17-24(18-16-23)26-13-8-9-14-27(26)28-30-32-33-31-28/h8-9,13-18,21-22H,2-7,10-12,19-20H2,1H3,(H,30,31,32,33). The second-order valence-electron chi connectivity index (χ2n) is 10.1. The van der Waals surface area contributed by atoms with E-state index in [1.54, 1.807) is 0 Å². The summed E-state index contributed by atoms with van der Waals surface area (Å²) >= 11 is 0. The Morgan fingerprint density at radius 1 is 0.972 bits per heavy atom. The lowest BCUT2D eigenvalue weighted by molar-refractivity contribution is 0.315. The van der Waals surface area contributed by atoms with E-state index in [2.05, 4.69) is 64.1 Å². The first-order valence-electron chi connectivity index (χ1n) is 13.4. The first-order chi connectivity index (χ1) is 17.7. The minimum absolute atomic E-state index is 0.138. The van der Waals surface area contributed by atoms with Crippen molar-refractivity contribution in [2.24, 2.45) is 5.92 Å². The maximum atomic E-state index is 13.5. The minimum Gasteiger partial charge on any atom is -0.299 e. The van der Waals surface area contributed by atoms with Gasteiger partial charge in [0.1, 0.15) is 0 Å². The Hall–Kier alpha value is -3.48. The molecule has 0 aliphatic heterocycles. The van der Waals surface area contributed by atoms with Crippen LogP contribution in [0.4, 0.5) is 0 Å². The number of benzene rings is 2. The predicted octanol–water partition coefficient (Wildman–Crippen LogP) is 5.86. The van der Waals surface area contributed by atoms with Crippen molar-refractivity contribution in [2.75, 3.05) is 0 Å². The molecule has 1 aliphatic rings. The van der Waals surface area contributed by atoms with Crippen LogP contribution in [0.25, 0.3) is 22.5 Å². The van der Waals surface area contributed by atoms with Gasteiger partial charge in [-0.3, -0.25) is 9.13 Å². The van der Waals surface area contributed by atoms with Gasteiger partial charge in [-0.05, 0) is 58.7 Å². The fraction of sp³-hybridized carbons (Fsp3) is 0.448. The van der Waals surface area contributed by atoms with Gasteiger partial charge in [0.05, 0.1) is 6.54 Å². The van der Waals surface area contributed by atoms with E-state index >= 15 is 0 Å². The fourth-order valence-electron chi connectivity index (χ4n) is 5.47. The van der Waals surface area contributed by atoms with Crippen LogP contribution in [0, 0.1) is 5.92 Å². The van der Waals surface area contributed by atoms with Crippen LogP contribution in [0.1, 0.15) is 69.5 Å². The smallest absolute Gasteiger partial charge is 0.299 e. The Bertz CT molecular complexity index is 1300. The van der Waals surface area contributed by atoms with Gasteiger partial charge < -0.3 is 0 Å². The number of aryl methyl sites for hydroxylation is 1. The van der Waals surface area contributed by atoms with Crippen LogP contribution >= 0.6 is 0 Å². The van der Waals surface area contributed by atoms with E-state index in [0.29, 0.717) is 18.3 Å². The number of hydrogen-bond acceptors (Lipinski definition) is 4. The molecule has 0 radical (unpaired) electrons. The van der Waals surface area contributed by atoms with Gasteiger partial charge in [-0.2, -0.15) is 0 Å². The zero-order chi connectivity index (χ0) is 24.7. The van der Waals surface area contributed by atoms with Crippen LogP contribution in [0.5, 0.6) is 0 Å². The summed E-state index contributed by atoms with van der Waals surface area (Å²) < 4.78 is 3.99. The van der Waals surface area contributed by atoms with E-state index in [4.69, 9.17) is 0 Å². The SMILES string of the molecule is CCCCCc1cn(CC2CCCCC2)c(=O)n1Cc1ccc(-c2ccccc2-c2nnn[nH]2)cc1.